The molecule has 2 bridgehead atoms. The van der Waals surface area contributed by atoms with Crippen molar-refractivity contribution in [1.29, 1.82) is 0 Å². The van der Waals surface area contributed by atoms with Crippen LogP contribution in [0.3, 0.4) is 0 Å². The molecule has 1 heteroatoms. The minimum Gasteiger partial charge on any atom is -0.294 e. The maximum atomic E-state index is 12.8. The van der Waals surface area contributed by atoms with Gasteiger partial charge in [-0.05, 0) is 63.0 Å². The van der Waals surface area contributed by atoms with E-state index in [4.69, 9.17) is 0 Å². The van der Waals surface area contributed by atoms with Gasteiger partial charge in [-0.2, -0.15) is 0 Å². The molecule has 2 aliphatic carbocycles. The second kappa shape index (κ2) is 4.22. The van der Waals surface area contributed by atoms with E-state index >= 15 is 0 Å². The zero-order chi connectivity index (χ0) is 12.9. The van der Waals surface area contributed by atoms with Crippen molar-refractivity contribution in [2.75, 3.05) is 0 Å². The van der Waals surface area contributed by atoms with Gasteiger partial charge in [0.15, 0.2) is 5.78 Å². The highest BCUT2D eigenvalue weighted by atomic mass is 16.1. The van der Waals surface area contributed by atoms with Gasteiger partial charge in [0, 0.05) is 11.5 Å². The number of fused-ring (bicyclic) bond motifs is 2. The largest absolute Gasteiger partial charge is 0.294 e. The predicted molar refractivity (Wildman–Crippen MR) is 73.9 cm³/mol. The van der Waals surface area contributed by atoms with Gasteiger partial charge in [0.25, 0.3) is 0 Å². The van der Waals surface area contributed by atoms with Crippen molar-refractivity contribution >= 4 is 5.78 Å². The molecule has 2 saturated carbocycles. The molecule has 0 aliphatic heterocycles. The van der Waals surface area contributed by atoms with E-state index in [1.165, 1.54) is 36.0 Å². The van der Waals surface area contributed by atoms with Gasteiger partial charge in [0.1, 0.15) is 0 Å². The van der Waals surface area contributed by atoms with Gasteiger partial charge < -0.3 is 0 Å². The van der Waals surface area contributed by atoms with Gasteiger partial charge >= 0.3 is 0 Å². The molecule has 0 radical (unpaired) electrons. The van der Waals surface area contributed by atoms with Crippen LogP contribution in [0.5, 0.6) is 0 Å². The molecule has 0 heterocycles. The summed E-state index contributed by atoms with van der Waals surface area (Å²) in [4.78, 5) is 12.8. The van der Waals surface area contributed by atoms with Gasteiger partial charge in [-0.25, -0.2) is 0 Å². The van der Waals surface area contributed by atoms with Crippen LogP contribution < -0.4 is 0 Å². The van der Waals surface area contributed by atoms with Crippen LogP contribution >= 0.6 is 0 Å². The zero-order valence-electron chi connectivity index (χ0n) is 11.6. The number of hydrogen-bond acceptors (Lipinski definition) is 1. The molecule has 96 valence electrons. The maximum Gasteiger partial charge on any atom is 0.166 e. The lowest BCUT2D eigenvalue weighted by Gasteiger charge is -2.22. The minimum absolute atomic E-state index is 0.323. The number of rotatable bonds is 2. The van der Waals surface area contributed by atoms with E-state index in [2.05, 4.69) is 32.9 Å². The van der Waals surface area contributed by atoms with Crippen molar-refractivity contribution in [2.45, 2.75) is 46.5 Å². The standard InChI is InChI=1S/C17H22O/c1-10-6-11(2)16(12(3)7-10)17(18)15-9-13-4-5-14(15)8-13/h6-7,13-15H,4-5,8-9H2,1-3H3. The lowest BCUT2D eigenvalue weighted by atomic mass is 9.81. The van der Waals surface area contributed by atoms with E-state index in [0.717, 1.165) is 17.9 Å². The normalized spacial score (nSPS) is 29.8. The molecule has 0 amide bonds. The molecule has 0 aromatic heterocycles. The summed E-state index contributed by atoms with van der Waals surface area (Å²) in [6.45, 7) is 6.27. The first-order valence-electron chi connectivity index (χ1n) is 7.18. The average molecular weight is 242 g/mol. The van der Waals surface area contributed by atoms with E-state index in [1.54, 1.807) is 0 Å². The third-order valence-electron chi connectivity index (χ3n) is 5.00. The minimum atomic E-state index is 0.323. The van der Waals surface area contributed by atoms with Gasteiger partial charge in [0.2, 0.25) is 0 Å². The van der Waals surface area contributed by atoms with Gasteiger partial charge in [-0.3, -0.25) is 4.79 Å². The summed E-state index contributed by atoms with van der Waals surface area (Å²) in [6.07, 6.45) is 5.10. The fourth-order valence-corrected chi connectivity index (χ4v) is 4.32. The Morgan fingerprint density at radius 2 is 1.72 bits per heavy atom. The Morgan fingerprint density at radius 1 is 1.06 bits per heavy atom. The molecule has 2 aliphatic rings. The SMILES string of the molecule is Cc1cc(C)c(C(=O)C2CC3CCC2C3)c(C)c1. The number of Topliss-reactive ketones (excluding diaryl/α,β-unsaturated/α-hetero) is 1. The first kappa shape index (κ1) is 12.0. The molecule has 0 spiro atoms. The summed E-state index contributed by atoms with van der Waals surface area (Å²) in [5, 5.41) is 0. The van der Waals surface area contributed by atoms with E-state index in [9.17, 15) is 4.79 Å². The highest BCUT2D eigenvalue weighted by Gasteiger charge is 2.43. The van der Waals surface area contributed by atoms with Crippen LogP contribution in [0.1, 0.15) is 52.7 Å². The molecule has 3 atom stereocenters. The van der Waals surface area contributed by atoms with Crippen LogP contribution in [-0.2, 0) is 0 Å². The van der Waals surface area contributed by atoms with E-state index < -0.39 is 0 Å². The Balaban J connectivity index is 1.93. The topological polar surface area (TPSA) is 17.1 Å². The lowest BCUT2D eigenvalue weighted by molar-refractivity contribution is 0.0873. The molecular formula is C17H22O. The molecule has 0 saturated heterocycles. The number of hydrogen-bond donors (Lipinski definition) is 0. The predicted octanol–water partition coefficient (Wildman–Crippen LogP) is 4.23. The maximum absolute atomic E-state index is 12.8. The molecule has 2 fully saturated rings. The number of aryl methyl sites for hydroxylation is 3. The highest BCUT2D eigenvalue weighted by Crippen LogP contribution is 2.49. The van der Waals surface area contributed by atoms with Crippen LogP contribution in [0.2, 0.25) is 0 Å². The van der Waals surface area contributed by atoms with E-state index in [-0.39, 0.29) is 0 Å². The smallest absolute Gasteiger partial charge is 0.166 e. The molecule has 18 heavy (non-hydrogen) atoms. The number of carbonyl (C=O) groups is 1. The average Bonchev–Trinajstić information content (AvgIpc) is 2.88. The number of ketones is 1. The summed E-state index contributed by atoms with van der Waals surface area (Å²) in [5.41, 5.74) is 4.60. The zero-order valence-corrected chi connectivity index (χ0v) is 11.6. The fourth-order valence-electron chi connectivity index (χ4n) is 4.32. The Bertz CT molecular complexity index is 477. The van der Waals surface area contributed by atoms with Crippen molar-refractivity contribution in [3.8, 4) is 0 Å². The van der Waals surface area contributed by atoms with Crippen molar-refractivity contribution < 1.29 is 4.79 Å². The molecule has 3 unspecified atom stereocenters. The summed E-state index contributed by atoms with van der Waals surface area (Å²) in [6, 6.07) is 4.29. The van der Waals surface area contributed by atoms with Crippen molar-refractivity contribution in [3.63, 3.8) is 0 Å². The summed E-state index contributed by atoms with van der Waals surface area (Å²) in [5.74, 6) is 2.28. The van der Waals surface area contributed by atoms with Gasteiger partial charge in [0.05, 0.1) is 0 Å². The van der Waals surface area contributed by atoms with Crippen LogP contribution in [-0.4, -0.2) is 5.78 Å². The van der Waals surface area contributed by atoms with Crippen molar-refractivity contribution in [3.05, 3.63) is 34.4 Å². The van der Waals surface area contributed by atoms with Gasteiger partial charge in [-0.15, -0.1) is 0 Å². The molecule has 3 rings (SSSR count). The first-order chi connectivity index (χ1) is 8.56. The molecular weight excluding hydrogens is 220 g/mol. The Labute approximate surface area is 110 Å². The Kier molecular flexibility index (Phi) is 2.80. The molecule has 0 N–H and O–H groups in total. The van der Waals surface area contributed by atoms with E-state index in [1.807, 2.05) is 0 Å². The third kappa shape index (κ3) is 1.81. The Morgan fingerprint density at radius 3 is 2.22 bits per heavy atom. The quantitative estimate of drug-likeness (QED) is 0.709. The number of carbonyl (C=O) groups excluding carboxylic acids is 1. The first-order valence-corrected chi connectivity index (χ1v) is 7.18. The highest BCUT2D eigenvalue weighted by molar-refractivity contribution is 6.01. The second-order valence-corrected chi connectivity index (χ2v) is 6.42. The van der Waals surface area contributed by atoms with Gasteiger partial charge in [-0.1, -0.05) is 24.1 Å². The van der Waals surface area contributed by atoms with E-state index in [0.29, 0.717) is 17.6 Å². The molecule has 1 aromatic carbocycles. The fraction of sp³-hybridized carbons (Fsp3) is 0.588. The monoisotopic (exact) mass is 242 g/mol. The second-order valence-electron chi connectivity index (χ2n) is 6.42. The Hall–Kier alpha value is -1.11. The summed E-state index contributed by atoms with van der Waals surface area (Å²) >= 11 is 0. The van der Waals surface area contributed by atoms with Crippen LogP contribution in [0.25, 0.3) is 0 Å². The van der Waals surface area contributed by atoms with Crippen LogP contribution in [0.15, 0.2) is 12.1 Å². The third-order valence-corrected chi connectivity index (χ3v) is 5.00. The van der Waals surface area contributed by atoms with Crippen molar-refractivity contribution in [1.82, 2.24) is 0 Å². The molecule has 1 aromatic rings. The van der Waals surface area contributed by atoms with Crippen LogP contribution in [0.4, 0.5) is 0 Å². The molecule has 1 nitrogen and oxygen atoms in total. The number of benzene rings is 1. The van der Waals surface area contributed by atoms with Crippen LogP contribution in [0, 0.1) is 38.5 Å². The summed E-state index contributed by atoms with van der Waals surface area (Å²) < 4.78 is 0. The van der Waals surface area contributed by atoms with Crippen molar-refractivity contribution in [2.24, 2.45) is 17.8 Å². The lowest BCUT2D eigenvalue weighted by Crippen LogP contribution is -2.22. The summed E-state index contributed by atoms with van der Waals surface area (Å²) in [7, 11) is 0.